The molecule has 0 radical (unpaired) electrons. The molecule has 0 spiro atoms. The summed E-state index contributed by atoms with van der Waals surface area (Å²) in [6, 6.07) is 12.1. The van der Waals surface area contributed by atoms with Gasteiger partial charge in [-0.05, 0) is 49.6 Å². The van der Waals surface area contributed by atoms with Crippen LogP contribution in [0, 0.1) is 6.92 Å². The summed E-state index contributed by atoms with van der Waals surface area (Å²) in [6.07, 6.45) is 3.72. The SMILES string of the molecule is Cc1cc(-c2ccc([C@H](C)N3CC[C@@](C)(CCN(C)S(C)(=O)=O)OC3=O)cc2)ccn1. The molecule has 1 aliphatic heterocycles. The number of cyclic esters (lactones) is 1. The highest BCUT2D eigenvalue weighted by molar-refractivity contribution is 7.88. The van der Waals surface area contributed by atoms with Gasteiger partial charge in [-0.2, -0.15) is 0 Å². The van der Waals surface area contributed by atoms with Crippen molar-refractivity contribution in [3.05, 3.63) is 53.9 Å². The Morgan fingerprint density at radius 3 is 2.48 bits per heavy atom. The van der Waals surface area contributed by atoms with Gasteiger partial charge >= 0.3 is 6.09 Å². The van der Waals surface area contributed by atoms with Crippen molar-refractivity contribution >= 4 is 16.1 Å². The monoisotopic (exact) mass is 445 g/mol. The van der Waals surface area contributed by atoms with Crippen molar-refractivity contribution in [2.24, 2.45) is 0 Å². The van der Waals surface area contributed by atoms with Gasteiger partial charge in [-0.15, -0.1) is 0 Å². The van der Waals surface area contributed by atoms with E-state index in [9.17, 15) is 13.2 Å². The van der Waals surface area contributed by atoms with Crippen molar-refractivity contribution in [2.75, 3.05) is 26.4 Å². The topological polar surface area (TPSA) is 79.8 Å². The third kappa shape index (κ3) is 5.62. The van der Waals surface area contributed by atoms with Crippen LogP contribution in [0.1, 0.15) is 44.0 Å². The fourth-order valence-electron chi connectivity index (χ4n) is 3.72. The molecule has 7 nitrogen and oxygen atoms in total. The Labute approximate surface area is 185 Å². The summed E-state index contributed by atoms with van der Waals surface area (Å²) >= 11 is 0. The number of carbonyl (C=O) groups is 1. The fourth-order valence-corrected chi connectivity index (χ4v) is 4.14. The number of benzene rings is 1. The first-order valence-electron chi connectivity index (χ1n) is 10.4. The van der Waals surface area contributed by atoms with E-state index in [0.717, 1.165) is 22.4 Å². The zero-order valence-electron chi connectivity index (χ0n) is 18.8. The molecular formula is C23H31N3O4S. The molecule has 0 N–H and O–H groups in total. The van der Waals surface area contributed by atoms with Crippen LogP contribution in [0.3, 0.4) is 0 Å². The molecule has 2 atom stereocenters. The predicted octanol–water partition coefficient (Wildman–Crippen LogP) is 4.00. The maximum absolute atomic E-state index is 12.8. The molecule has 3 rings (SSSR count). The number of nitrogens with zero attached hydrogens (tertiary/aromatic N) is 3. The van der Waals surface area contributed by atoms with Crippen molar-refractivity contribution in [3.8, 4) is 11.1 Å². The molecule has 0 saturated carbocycles. The lowest BCUT2D eigenvalue weighted by atomic mass is 9.94. The molecule has 1 aliphatic rings. The number of sulfonamides is 1. The minimum absolute atomic E-state index is 0.121. The molecule has 0 aliphatic carbocycles. The Morgan fingerprint density at radius 1 is 1.23 bits per heavy atom. The number of carbonyl (C=O) groups excluding carboxylic acids is 1. The summed E-state index contributed by atoms with van der Waals surface area (Å²) < 4.78 is 30.3. The molecule has 1 aromatic heterocycles. The van der Waals surface area contributed by atoms with E-state index in [1.807, 2.05) is 45.0 Å². The van der Waals surface area contributed by atoms with E-state index < -0.39 is 15.6 Å². The lowest BCUT2D eigenvalue weighted by Crippen LogP contribution is -2.50. The number of pyridine rings is 1. The van der Waals surface area contributed by atoms with Crippen molar-refractivity contribution < 1.29 is 17.9 Å². The van der Waals surface area contributed by atoms with E-state index in [-0.39, 0.29) is 12.1 Å². The molecule has 168 valence electrons. The van der Waals surface area contributed by atoms with Crippen molar-refractivity contribution in [2.45, 2.75) is 45.3 Å². The van der Waals surface area contributed by atoms with Gasteiger partial charge in [0.15, 0.2) is 0 Å². The number of aromatic nitrogens is 1. The molecule has 0 unspecified atom stereocenters. The second-order valence-corrected chi connectivity index (χ2v) is 10.7. The van der Waals surface area contributed by atoms with Gasteiger partial charge in [0.2, 0.25) is 10.0 Å². The van der Waals surface area contributed by atoms with E-state index in [2.05, 4.69) is 17.1 Å². The molecule has 8 heteroatoms. The van der Waals surface area contributed by atoms with Gasteiger partial charge in [0.05, 0.1) is 12.3 Å². The van der Waals surface area contributed by atoms with E-state index >= 15 is 0 Å². The number of amides is 1. The maximum Gasteiger partial charge on any atom is 0.410 e. The Hall–Kier alpha value is -2.45. The number of ether oxygens (including phenoxy) is 1. The van der Waals surface area contributed by atoms with Gasteiger partial charge in [-0.25, -0.2) is 17.5 Å². The Morgan fingerprint density at radius 2 is 1.90 bits per heavy atom. The fraction of sp³-hybridized carbons (Fsp3) is 0.478. The lowest BCUT2D eigenvalue weighted by molar-refractivity contribution is -0.0507. The lowest BCUT2D eigenvalue weighted by Gasteiger charge is -2.41. The van der Waals surface area contributed by atoms with Crippen LogP contribution in [-0.4, -0.2) is 60.7 Å². The molecule has 1 aromatic carbocycles. The molecule has 1 saturated heterocycles. The van der Waals surface area contributed by atoms with Crippen molar-refractivity contribution in [3.63, 3.8) is 0 Å². The smallest absolute Gasteiger partial charge is 0.410 e. The number of hydrogen-bond donors (Lipinski definition) is 0. The maximum atomic E-state index is 12.8. The quantitative estimate of drug-likeness (QED) is 0.644. The summed E-state index contributed by atoms with van der Waals surface area (Å²) in [5.41, 5.74) is 3.54. The van der Waals surface area contributed by atoms with Crippen LogP contribution in [0.4, 0.5) is 4.79 Å². The molecule has 31 heavy (non-hydrogen) atoms. The summed E-state index contributed by atoms with van der Waals surface area (Å²) in [7, 11) is -1.71. The highest BCUT2D eigenvalue weighted by Crippen LogP contribution is 2.32. The third-order valence-electron chi connectivity index (χ3n) is 6.06. The van der Waals surface area contributed by atoms with Gasteiger partial charge in [0.25, 0.3) is 0 Å². The van der Waals surface area contributed by atoms with Gasteiger partial charge in [-0.1, -0.05) is 24.3 Å². The van der Waals surface area contributed by atoms with Gasteiger partial charge in [0, 0.05) is 44.9 Å². The van der Waals surface area contributed by atoms with E-state index in [0.29, 0.717) is 25.9 Å². The summed E-state index contributed by atoms with van der Waals surface area (Å²) in [4.78, 5) is 18.7. The molecule has 1 amide bonds. The second kappa shape index (κ2) is 8.96. The van der Waals surface area contributed by atoms with E-state index in [1.54, 1.807) is 11.1 Å². The predicted molar refractivity (Wildman–Crippen MR) is 121 cm³/mol. The van der Waals surface area contributed by atoms with Crippen LogP contribution in [0.25, 0.3) is 11.1 Å². The average Bonchev–Trinajstić information content (AvgIpc) is 2.71. The highest BCUT2D eigenvalue weighted by Gasteiger charge is 2.39. The third-order valence-corrected chi connectivity index (χ3v) is 7.38. The van der Waals surface area contributed by atoms with Crippen LogP contribution in [-0.2, 0) is 14.8 Å². The Balaban J connectivity index is 1.64. The van der Waals surface area contributed by atoms with Crippen LogP contribution < -0.4 is 0 Å². The Bertz CT molecular complexity index is 1040. The number of aryl methyl sites for hydroxylation is 1. The summed E-state index contributed by atoms with van der Waals surface area (Å²) in [5.74, 6) is 0. The second-order valence-electron chi connectivity index (χ2n) is 8.58. The average molecular weight is 446 g/mol. The molecule has 1 fully saturated rings. The molecular weight excluding hydrogens is 414 g/mol. The minimum atomic E-state index is -3.25. The first-order valence-corrected chi connectivity index (χ1v) is 12.3. The van der Waals surface area contributed by atoms with Crippen LogP contribution in [0.5, 0.6) is 0 Å². The molecule has 2 heterocycles. The highest BCUT2D eigenvalue weighted by atomic mass is 32.2. The Kier molecular flexibility index (Phi) is 6.71. The summed E-state index contributed by atoms with van der Waals surface area (Å²) in [5, 5.41) is 0. The standard InChI is InChI=1S/C23H31N3O4S/c1-17-16-21(10-13-24-17)20-8-6-19(7-9-20)18(2)26-15-12-23(3,30-22(26)27)11-14-25(4)31(5,28)29/h6-10,13,16,18H,11-12,14-15H2,1-5H3/t18-,23+/m0/s1. The van der Waals surface area contributed by atoms with Crippen LogP contribution in [0.2, 0.25) is 0 Å². The molecule has 2 aromatic rings. The largest absolute Gasteiger partial charge is 0.443 e. The summed E-state index contributed by atoms with van der Waals surface area (Å²) in [6.45, 7) is 6.70. The van der Waals surface area contributed by atoms with Crippen molar-refractivity contribution in [1.29, 1.82) is 0 Å². The first kappa shape index (κ1) is 23.2. The molecule has 0 bridgehead atoms. The zero-order valence-corrected chi connectivity index (χ0v) is 19.6. The van der Waals surface area contributed by atoms with E-state index in [4.69, 9.17) is 4.74 Å². The first-order chi connectivity index (χ1) is 14.5. The van der Waals surface area contributed by atoms with Crippen LogP contribution >= 0.6 is 0 Å². The van der Waals surface area contributed by atoms with Crippen LogP contribution in [0.15, 0.2) is 42.6 Å². The van der Waals surface area contributed by atoms with Crippen molar-refractivity contribution in [1.82, 2.24) is 14.2 Å². The number of rotatable bonds is 7. The van der Waals surface area contributed by atoms with Gasteiger partial charge < -0.3 is 9.64 Å². The zero-order chi connectivity index (χ0) is 22.8. The van der Waals surface area contributed by atoms with E-state index in [1.165, 1.54) is 17.6 Å². The normalized spacial score (nSPS) is 20.6. The van der Waals surface area contributed by atoms with Gasteiger partial charge in [-0.3, -0.25) is 4.98 Å². The minimum Gasteiger partial charge on any atom is -0.443 e. The number of hydrogen-bond acceptors (Lipinski definition) is 5. The van der Waals surface area contributed by atoms with Gasteiger partial charge in [0.1, 0.15) is 5.60 Å².